The molecule has 3 heteroatoms. The van der Waals surface area contributed by atoms with Crippen molar-refractivity contribution in [3.63, 3.8) is 0 Å². The molecule has 3 nitrogen and oxygen atoms in total. The first kappa shape index (κ1) is 17.9. The van der Waals surface area contributed by atoms with Gasteiger partial charge in [0, 0.05) is 32.7 Å². The maximum Gasteiger partial charge on any atom is 0.0110 e. The molecule has 2 saturated heterocycles. The summed E-state index contributed by atoms with van der Waals surface area (Å²) < 4.78 is 0. The van der Waals surface area contributed by atoms with Gasteiger partial charge in [0.2, 0.25) is 0 Å². The van der Waals surface area contributed by atoms with Gasteiger partial charge in [-0.05, 0) is 38.9 Å². The summed E-state index contributed by atoms with van der Waals surface area (Å²) in [6.07, 6.45) is 2.76. The monoisotopic (exact) mass is 257 g/mol. The van der Waals surface area contributed by atoms with E-state index in [2.05, 4.69) is 22.2 Å². The van der Waals surface area contributed by atoms with E-state index < -0.39 is 0 Å². The molecule has 1 N–H and O–H groups in total. The van der Waals surface area contributed by atoms with E-state index in [1.165, 1.54) is 58.7 Å². The molecule has 0 aromatic heterocycles. The Morgan fingerprint density at radius 1 is 0.889 bits per heavy atom. The molecule has 0 aliphatic carbocycles. The summed E-state index contributed by atoms with van der Waals surface area (Å²) in [5.41, 5.74) is 0. The average Bonchev–Trinajstić information content (AvgIpc) is 2.47. The van der Waals surface area contributed by atoms with E-state index in [0.29, 0.717) is 0 Å². The third kappa shape index (κ3) is 7.34. The molecule has 110 valence electrons. The van der Waals surface area contributed by atoms with Crippen molar-refractivity contribution in [1.82, 2.24) is 15.1 Å². The van der Waals surface area contributed by atoms with Crippen LogP contribution in [0, 0.1) is 5.92 Å². The highest BCUT2D eigenvalue weighted by Gasteiger charge is 2.19. The van der Waals surface area contributed by atoms with Crippen LogP contribution in [0.2, 0.25) is 0 Å². The van der Waals surface area contributed by atoms with Crippen LogP contribution in [0.3, 0.4) is 0 Å². The molecule has 18 heavy (non-hydrogen) atoms. The number of hydrogen-bond acceptors (Lipinski definition) is 3. The van der Waals surface area contributed by atoms with Crippen LogP contribution in [-0.4, -0.2) is 62.7 Å². The van der Waals surface area contributed by atoms with Crippen LogP contribution < -0.4 is 5.32 Å². The lowest BCUT2D eigenvalue weighted by molar-refractivity contribution is 0.127. The van der Waals surface area contributed by atoms with Crippen molar-refractivity contribution < 1.29 is 0 Å². The number of piperidine rings is 1. The molecule has 2 aliphatic rings. The smallest absolute Gasteiger partial charge is 0.0110 e. The molecule has 2 aliphatic heterocycles. The van der Waals surface area contributed by atoms with Crippen molar-refractivity contribution in [2.75, 3.05) is 52.9 Å². The maximum atomic E-state index is 3.43. The van der Waals surface area contributed by atoms with Crippen LogP contribution in [0.15, 0.2) is 0 Å². The van der Waals surface area contributed by atoms with Crippen molar-refractivity contribution in [1.29, 1.82) is 0 Å². The topological polar surface area (TPSA) is 18.5 Å². The Hall–Kier alpha value is -0.120. The summed E-state index contributed by atoms with van der Waals surface area (Å²) in [6.45, 7) is 16.9. The normalized spacial score (nSPS) is 22.5. The number of nitrogens with one attached hydrogen (secondary N) is 1. The Bertz CT molecular complexity index is 159. The number of piperazine rings is 1. The van der Waals surface area contributed by atoms with Crippen molar-refractivity contribution >= 4 is 0 Å². The minimum atomic E-state index is 0.958. The predicted octanol–water partition coefficient (Wildman–Crippen LogP) is 2.29. The second kappa shape index (κ2) is 11.9. The Labute approximate surface area is 115 Å². The Kier molecular flexibility index (Phi) is 11.9. The summed E-state index contributed by atoms with van der Waals surface area (Å²) in [5, 5.41) is 3.43. The van der Waals surface area contributed by atoms with Gasteiger partial charge in [-0.3, -0.25) is 0 Å². The molecule has 0 unspecified atom stereocenters. The van der Waals surface area contributed by atoms with Crippen molar-refractivity contribution in [2.45, 2.75) is 40.5 Å². The lowest BCUT2D eigenvalue weighted by Gasteiger charge is -2.35. The molecular formula is C15H35N3. The minimum Gasteiger partial charge on any atom is -0.317 e. The van der Waals surface area contributed by atoms with Crippen molar-refractivity contribution in [3.05, 3.63) is 0 Å². The molecule has 0 aromatic rings. The van der Waals surface area contributed by atoms with E-state index >= 15 is 0 Å². The molecule has 0 saturated carbocycles. The van der Waals surface area contributed by atoms with Gasteiger partial charge in [0.05, 0.1) is 0 Å². The summed E-state index contributed by atoms with van der Waals surface area (Å²) in [6, 6.07) is 0. The molecule has 0 amide bonds. The summed E-state index contributed by atoms with van der Waals surface area (Å²) in [7, 11) is 2.22. The Morgan fingerprint density at radius 2 is 1.39 bits per heavy atom. The Balaban J connectivity index is 0.000000659. The van der Waals surface area contributed by atoms with Gasteiger partial charge in [-0.2, -0.15) is 0 Å². The maximum absolute atomic E-state index is 3.43. The van der Waals surface area contributed by atoms with E-state index in [1.54, 1.807) is 0 Å². The van der Waals surface area contributed by atoms with E-state index in [-0.39, 0.29) is 0 Å². The van der Waals surface area contributed by atoms with Gasteiger partial charge in [-0.25, -0.2) is 0 Å². The van der Waals surface area contributed by atoms with E-state index in [4.69, 9.17) is 0 Å². The zero-order valence-corrected chi connectivity index (χ0v) is 13.3. The van der Waals surface area contributed by atoms with Gasteiger partial charge < -0.3 is 15.1 Å². The zero-order valence-electron chi connectivity index (χ0n) is 13.3. The second-order valence-electron chi connectivity index (χ2n) is 4.80. The van der Waals surface area contributed by atoms with Gasteiger partial charge in [-0.1, -0.05) is 27.7 Å². The lowest BCUT2D eigenvalue weighted by Crippen LogP contribution is -2.47. The molecule has 0 atom stereocenters. The SMILES string of the molecule is CC.CC.CN1CCN(CC2CCNCC2)CC1. The zero-order chi connectivity index (χ0) is 13.8. The molecular weight excluding hydrogens is 222 g/mol. The fourth-order valence-electron chi connectivity index (χ4n) is 2.46. The van der Waals surface area contributed by atoms with Gasteiger partial charge in [0.25, 0.3) is 0 Å². The highest BCUT2D eigenvalue weighted by atomic mass is 15.2. The molecule has 0 radical (unpaired) electrons. The molecule has 2 fully saturated rings. The standard InChI is InChI=1S/C11H23N3.2C2H6/c1-13-6-8-14(9-7-13)10-11-2-4-12-5-3-11;2*1-2/h11-12H,2-10H2,1H3;2*1-2H3. The van der Waals surface area contributed by atoms with Crippen LogP contribution in [0.4, 0.5) is 0 Å². The van der Waals surface area contributed by atoms with Gasteiger partial charge >= 0.3 is 0 Å². The van der Waals surface area contributed by atoms with Crippen molar-refractivity contribution in [3.8, 4) is 0 Å². The van der Waals surface area contributed by atoms with E-state index in [0.717, 1.165) is 5.92 Å². The van der Waals surface area contributed by atoms with Crippen LogP contribution in [0.1, 0.15) is 40.5 Å². The first-order valence-corrected chi connectivity index (χ1v) is 7.96. The minimum absolute atomic E-state index is 0.958. The number of likely N-dealkylation sites (N-methyl/N-ethyl adjacent to an activating group) is 1. The predicted molar refractivity (Wildman–Crippen MR) is 82.2 cm³/mol. The number of hydrogen-bond donors (Lipinski definition) is 1. The van der Waals surface area contributed by atoms with Gasteiger partial charge in [0.1, 0.15) is 0 Å². The Morgan fingerprint density at radius 3 is 1.89 bits per heavy atom. The second-order valence-corrected chi connectivity index (χ2v) is 4.80. The summed E-state index contributed by atoms with van der Waals surface area (Å²) in [5.74, 6) is 0.958. The third-order valence-corrected chi connectivity index (χ3v) is 3.57. The largest absolute Gasteiger partial charge is 0.317 e. The first-order chi connectivity index (χ1) is 8.84. The number of nitrogens with zero attached hydrogens (tertiary/aromatic N) is 2. The van der Waals surface area contributed by atoms with Crippen LogP contribution >= 0.6 is 0 Å². The molecule has 0 aromatic carbocycles. The molecule has 2 rings (SSSR count). The van der Waals surface area contributed by atoms with E-state index in [1.807, 2.05) is 27.7 Å². The van der Waals surface area contributed by atoms with Gasteiger partial charge in [-0.15, -0.1) is 0 Å². The van der Waals surface area contributed by atoms with E-state index in [9.17, 15) is 0 Å². The van der Waals surface area contributed by atoms with Gasteiger partial charge in [0.15, 0.2) is 0 Å². The van der Waals surface area contributed by atoms with Crippen LogP contribution in [0.25, 0.3) is 0 Å². The fourth-order valence-corrected chi connectivity index (χ4v) is 2.46. The summed E-state index contributed by atoms with van der Waals surface area (Å²) in [4.78, 5) is 5.08. The molecule has 0 bridgehead atoms. The lowest BCUT2D eigenvalue weighted by atomic mass is 9.97. The quantitative estimate of drug-likeness (QED) is 0.819. The van der Waals surface area contributed by atoms with Crippen LogP contribution in [0.5, 0.6) is 0 Å². The molecule has 2 heterocycles. The summed E-state index contributed by atoms with van der Waals surface area (Å²) >= 11 is 0. The highest BCUT2D eigenvalue weighted by molar-refractivity contribution is 4.75. The average molecular weight is 257 g/mol. The highest BCUT2D eigenvalue weighted by Crippen LogP contribution is 2.14. The number of rotatable bonds is 2. The third-order valence-electron chi connectivity index (χ3n) is 3.57. The first-order valence-electron chi connectivity index (χ1n) is 7.96. The van der Waals surface area contributed by atoms with Crippen molar-refractivity contribution in [2.24, 2.45) is 5.92 Å². The molecule has 0 spiro atoms. The van der Waals surface area contributed by atoms with Crippen LogP contribution in [-0.2, 0) is 0 Å². The fraction of sp³-hybridized carbons (Fsp3) is 1.00.